The fourth-order valence-corrected chi connectivity index (χ4v) is 3.63. The van der Waals surface area contributed by atoms with Gasteiger partial charge >= 0.3 is 11.9 Å². The number of fused-ring (bicyclic) bond motifs is 2. The van der Waals surface area contributed by atoms with Crippen LogP contribution >= 0.6 is 0 Å². The lowest BCUT2D eigenvalue weighted by Crippen LogP contribution is -3.00. The Morgan fingerprint density at radius 3 is 2.54 bits per heavy atom. The molecule has 1 aliphatic rings. The second-order valence-electron chi connectivity index (χ2n) is 6.68. The van der Waals surface area contributed by atoms with E-state index in [1.165, 1.54) is 4.90 Å². The van der Waals surface area contributed by atoms with Gasteiger partial charge in [-0.1, -0.05) is 29.8 Å². The molecule has 0 saturated carbocycles. The molecule has 26 heavy (non-hydrogen) atoms. The summed E-state index contributed by atoms with van der Waals surface area (Å²) in [6.45, 7) is 2.00. The Labute approximate surface area is 168 Å². The molecule has 1 atom stereocenters. The fourth-order valence-electron chi connectivity index (χ4n) is 3.63. The number of imide groups is 1. The number of benzene rings is 2. The number of aromatic nitrogens is 2. The van der Waals surface area contributed by atoms with Crippen LogP contribution in [0.5, 0.6) is 0 Å². The van der Waals surface area contributed by atoms with Gasteiger partial charge in [0.05, 0.1) is 13.4 Å². The number of hydrogen-bond acceptors (Lipinski definition) is 3. The number of halogens is 1. The van der Waals surface area contributed by atoms with Crippen molar-refractivity contribution in [3.05, 3.63) is 54.0 Å². The summed E-state index contributed by atoms with van der Waals surface area (Å²) in [7, 11) is 5.11. The van der Waals surface area contributed by atoms with Crippen molar-refractivity contribution in [3.63, 3.8) is 0 Å². The zero-order valence-corrected chi connectivity index (χ0v) is 17.2. The van der Waals surface area contributed by atoms with Crippen molar-refractivity contribution in [2.45, 2.75) is 6.92 Å². The number of quaternary nitrogens is 1. The first-order valence-electron chi connectivity index (χ1n) is 8.06. The summed E-state index contributed by atoms with van der Waals surface area (Å²) in [5.74, 6) is 0.217. The predicted molar refractivity (Wildman–Crippen MR) is 97.7 cm³/mol. The monoisotopic (exact) mass is 462 g/mol. The molecule has 2 aromatic carbocycles. The van der Waals surface area contributed by atoms with Gasteiger partial charge < -0.3 is 28.5 Å². The molecule has 0 fully saturated rings. The molecule has 1 unspecified atom stereocenters. The van der Waals surface area contributed by atoms with E-state index in [0.29, 0.717) is 17.2 Å². The topological polar surface area (TPSA) is 55.2 Å². The van der Waals surface area contributed by atoms with Gasteiger partial charge in [-0.05, 0) is 18.4 Å². The van der Waals surface area contributed by atoms with Gasteiger partial charge in [0.2, 0.25) is 5.69 Å². The van der Waals surface area contributed by atoms with E-state index in [4.69, 9.17) is 0 Å². The SMILES string of the molecule is Cc1ccc2cccc([N+]3(C)C(=O)c4ncn(C)c4N(C)C3=O)c2c1.[I-]. The van der Waals surface area contributed by atoms with Crippen molar-refractivity contribution >= 4 is 34.2 Å². The number of carbonyl (C=O) groups excluding carboxylic acids is 2. The molecule has 4 rings (SSSR count). The van der Waals surface area contributed by atoms with E-state index < -0.39 is 4.48 Å². The zero-order valence-electron chi connectivity index (χ0n) is 15.0. The average molecular weight is 462 g/mol. The molecule has 3 amide bonds. The summed E-state index contributed by atoms with van der Waals surface area (Å²) in [6, 6.07) is 11.5. The highest BCUT2D eigenvalue weighted by molar-refractivity contribution is 6.25. The van der Waals surface area contributed by atoms with Crippen LogP contribution in [0.2, 0.25) is 0 Å². The van der Waals surface area contributed by atoms with Crippen molar-refractivity contribution in [3.8, 4) is 0 Å². The third-order valence-corrected chi connectivity index (χ3v) is 5.00. The zero-order chi connectivity index (χ0) is 17.9. The minimum Gasteiger partial charge on any atom is -1.00 e. The van der Waals surface area contributed by atoms with Gasteiger partial charge in [-0.2, -0.15) is 0 Å². The Kier molecular flexibility index (Phi) is 4.40. The first-order chi connectivity index (χ1) is 11.9. The maximum Gasteiger partial charge on any atom is 0.437 e. The van der Waals surface area contributed by atoms with Crippen molar-refractivity contribution < 1.29 is 33.6 Å². The summed E-state index contributed by atoms with van der Waals surface area (Å²) in [6.07, 6.45) is 1.56. The van der Waals surface area contributed by atoms with Gasteiger partial charge in [-0.15, -0.1) is 4.48 Å². The number of imidazole rings is 1. The van der Waals surface area contributed by atoms with Crippen LogP contribution in [0.15, 0.2) is 42.7 Å². The Hall–Kier alpha value is -2.26. The van der Waals surface area contributed by atoms with E-state index >= 15 is 0 Å². The first kappa shape index (κ1) is 18.5. The van der Waals surface area contributed by atoms with Crippen molar-refractivity contribution in [1.82, 2.24) is 14.0 Å². The molecule has 0 aliphatic carbocycles. The summed E-state index contributed by atoms with van der Waals surface area (Å²) in [5, 5.41) is 1.90. The molecule has 2 heterocycles. The van der Waals surface area contributed by atoms with E-state index in [2.05, 4.69) is 4.98 Å². The lowest BCUT2D eigenvalue weighted by Gasteiger charge is -2.35. The highest BCUT2D eigenvalue weighted by Crippen LogP contribution is 2.38. The van der Waals surface area contributed by atoms with Crippen LogP contribution in [-0.2, 0) is 7.05 Å². The quantitative estimate of drug-likeness (QED) is 0.385. The lowest BCUT2D eigenvalue weighted by atomic mass is 10.0. The van der Waals surface area contributed by atoms with Crippen LogP contribution in [0.1, 0.15) is 16.1 Å². The van der Waals surface area contributed by atoms with Crippen molar-refractivity contribution in [2.75, 3.05) is 19.0 Å². The summed E-state index contributed by atoms with van der Waals surface area (Å²) in [4.78, 5) is 32.3. The molecular weight excluding hydrogens is 443 g/mol. The molecule has 0 radical (unpaired) electrons. The normalized spacial score (nSPS) is 19.5. The van der Waals surface area contributed by atoms with Crippen molar-refractivity contribution in [1.29, 1.82) is 0 Å². The Balaban J connectivity index is 0.00000196. The number of aryl methyl sites for hydroxylation is 2. The molecule has 7 heteroatoms. The molecule has 3 aromatic rings. The summed E-state index contributed by atoms with van der Waals surface area (Å²) in [5.41, 5.74) is 2.06. The van der Waals surface area contributed by atoms with E-state index in [0.717, 1.165) is 16.3 Å². The molecule has 0 spiro atoms. The fraction of sp³-hybridized carbons (Fsp3) is 0.211. The van der Waals surface area contributed by atoms with Crippen LogP contribution in [0, 0.1) is 6.92 Å². The maximum atomic E-state index is 13.3. The third kappa shape index (κ3) is 2.30. The number of anilines is 1. The Bertz CT molecular complexity index is 1060. The number of carbonyl (C=O) groups is 2. The minimum absolute atomic E-state index is 0. The highest BCUT2D eigenvalue weighted by Gasteiger charge is 2.54. The van der Waals surface area contributed by atoms with Gasteiger partial charge in [0, 0.05) is 25.5 Å². The van der Waals surface area contributed by atoms with Crippen LogP contribution in [0.3, 0.4) is 0 Å². The summed E-state index contributed by atoms with van der Waals surface area (Å²) < 4.78 is 1.24. The van der Waals surface area contributed by atoms with E-state index in [1.807, 2.05) is 43.3 Å². The average Bonchev–Trinajstić information content (AvgIpc) is 2.99. The van der Waals surface area contributed by atoms with Crippen LogP contribution in [0.4, 0.5) is 16.3 Å². The van der Waals surface area contributed by atoms with Gasteiger partial charge in [-0.3, -0.25) is 0 Å². The van der Waals surface area contributed by atoms with Crippen LogP contribution < -0.4 is 33.4 Å². The van der Waals surface area contributed by atoms with E-state index in [-0.39, 0.29) is 35.9 Å². The first-order valence-corrected chi connectivity index (χ1v) is 8.06. The molecule has 0 N–H and O–H groups in total. The number of urea groups is 1. The molecule has 1 aromatic heterocycles. The maximum absolute atomic E-state index is 13.3. The van der Waals surface area contributed by atoms with Gasteiger partial charge in [-0.25, -0.2) is 19.5 Å². The van der Waals surface area contributed by atoms with Gasteiger partial charge in [0.25, 0.3) is 0 Å². The molecule has 1 aliphatic heterocycles. The molecule has 0 bridgehead atoms. The number of nitrogens with zero attached hydrogens (tertiary/aromatic N) is 4. The Morgan fingerprint density at radius 2 is 1.81 bits per heavy atom. The largest absolute Gasteiger partial charge is 1.00 e. The van der Waals surface area contributed by atoms with Crippen molar-refractivity contribution in [2.24, 2.45) is 7.05 Å². The number of rotatable bonds is 1. The van der Waals surface area contributed by atoms with Gasteiger partial charge in [0.15, 0.2) is 11.5 Å². The molecule has 6 nitrogen and oxygen atoms in total. The predicted octanol–water partition coefficient (Wildman–Crippen LogP) is 0.233. The Morgan fingerprint density at radius 1 is 1.08 bits per heavy atom. The second-order valence-corrected chi connectivity index (χ2v) is 6.68. The minimum atomic E-state index is -0.457. The molecular formula is C19H19IN4O2. The summed E-state index contributed by atoms with van der Waals surface area (Å²) >= 11 is 0. The standard InChI is InChI=1S/C19H19N4O2.HI/c1-12-8-9-13-6-5-7-15(14(13)10-12)23(4)18(24)16-17(21(2)11-20-16)22(3)19(23)25;/h5-11H,1-4H3;1H/q+1;/p-1. The third-order valence-electron chi connectivity index (χ3n) is 5.00. The van der Waals surface area contributed by atoms with Crippen LogP contribution in [-0.4, -0.2) is 35.6 Å². The smallest absolute Gasteiger partial charge is 0.437 e. The van der Waals surface area contributed by atoms with Crippen LogP contribution in [0.25, 0.3) is 10.8 Å². The highest BCUT2D eigenvalue weighted by atomic mass is 127. The van der Waals surface area contributed by atoms with E-state index in [9.17, 15) is 9.59 Å². The lowest BCUT2D eigenvalue weighted by molar-refractivity contribution is -0.0000180. The number of hydrogen-bond donors (Lipinski definition) is 0. The van der Waals surface area contributed by atoms with Gasteiger partial charge in [0.1, 0.15) is 0 Å². The second kappa shape index (κ2) is 6.17. The number of amides is 3. The molecule has 134 valence electrons. The molecule has 0 saturated heterocycles. The van der Waals surface area contributed by atoms with E-state index in [1.54, 1.807) is 32.0 Å².